The molecule has 1 heterocycles. The van der Waals surface area contributed by atoms with Crippen molar-refractivity contribution in [3.05, 3.63) is 75.8 Å². The van der Waals surface area contributed by atoms with Gasteiger partial charge in [0.25, 0.3) is 10.0 Å². The lowest BCUT2D eigenvalue weighted by Crippen LogP contribution is -2.43. The molecule has 4 rings (SSSR count). The summed E-state index contributed by atoms with van der Waals surface area (Å²) >= 11 is 0. The summed E-state index contributed by atoms with van der Waals surface area (Å²) in [4.78, 5) is 27.6. The van der Waals surface area contributed by atoms with Gasteiger partial charge >= 0.3 is 0 Å². The van der Waals surface area contributed by atoms with Crippen LogP contribution in [0.15, 0.2) is 59.1 Å². The van der Waals surface area contributed by atoms with Crippen molar-refractivity contribution in [1.29, 1.82) is 0 Å². The monoisotopic (exact) mass is 412 g/mol. The van der Waals surface area contributed by atoms with Gasteiger partial charge in [0.05, 0.1) is 13.2 Å². The number of hydrogen-bond acceptors (Lipinski definition) is 6. The van der Waals surface area contributed by atoms with Crippen molar-refractivity contribution in [2.24, 2.45) is 0 Å². The molecule has 1 aliphatic carbocycles. The first-order valence-electron chi connectivity index (χ1n) is 9.23. The van der Waals surface area contributed by atoms with Crippen LogP contribution in [0.2, 0.25) is 0 Å². The zero-order chi connectivity index (χ0) is 20.6. The Bertz CT molecular complexity index is 1130. The SMILES string of the molecule is Cc1cccc(NS(=O)(=O)C2=C(N3CCOCC3)C(=O)c3ccccc3C2=O)c1. The summed E-state index contributed by atoms with van der Waals surface area (Å²) in [7, 11) is -4.30. The van der Waals surface area contributed by atoms with Crippen molar-refractivity contribution in [1.82, 2.24) is 4.90 Å². The van der Waals surface area contributed by atoms with Gasteiger partial charge in [-0.15, -0.1) is 0 Å². The maximum atomic E-state index is 13.3. The van der Waals surface area contributed by atoms with Crippen molar-refractivity contribution >= 4 is 27.3 Å². The molecule has 2 aliphatic rings. The summed E-state index contributed by atoms with van der Waals surface area (Å²) in [5.41, 5.74) is 1.42. The highest BCUT2D eigenvalue weighted by Gasteiger charge is 2.41. The number of fused-ring (bicyclic) bond motifs is 1. The first-order chi connectivity index (χ1) is 13.9. The summed E-state index contributed by atoms with van der Waals surface area (Å²) in [6, 6.07) is 13.1. The first-order valence-corrected chi connectivity index (χ1v) is 10.7. The summed E-state index contributed by atoms with van der Waals surface area (Å²) in [6.45, 7) is 3.21. The average Bonchev–Trinajstić information content (AvgIpc) is 2.70. The van der Waals surface area contributed by atoms with E-state index < -0.39 is 26.5 Å². The number of morpholine rings is 1. The van der Waals surface area contributed by atoms with Crippen molar-refractivity contribution in [2.45, 2.75) is 6.92 Å². The summed E-state index contributed by atoms with van der Waals surface area (Å²) in [5.74, 6) is -1.14. The molecule has 2 aromatic carbocycles. The largest absolute Gasteiger partial charge is 0.378 e. The minimum Gasteiger partial charge on any atom is -0.378 e. The highest BCUT2D eigenvalue weighted by atomic mass is 32.2. The smallest absolute Gasteiger partial charge is 0.268 e. The Hall–Kier alpha value is -2.97. The second-order valence-corrected chi connectivity index (χ2v) is 8.58. The lowest BCUT2D eigenvalue weighted by molar-refractivity contribution is 0.0499. The zero-order valence-corrected chi connectivity index (χ0v) is 16.7. The van der Waals surface area contributed by atoms with Gasteiger partial charge in [-0.1, -0.05) is 36.4 Å². The van der Waals surface area contributed by atoms with E-state index in [0.29, 0.717) is 32.0 Å². The molecule has 1 aliphatic heterocycles. The Morgan fingerprint density at radius 1 is 0.931 bits per heavy atom. The fourth-order valence-electron chi connectivity index (χ4n) is 3.58. The highest BCUT2D eigenvalue weighted by molar-refractivity contribution is 7.97. The third-order valence-electron chi connectivity index (χ3n) is 4.92. The molecular weight excluding hydrogens is 392 g/mol. The second-order valence-electron chi connectivity index (χ2n) is 6.96. The van der Waals surface area contributed by atoms with E-state index in [1.54, 1.807) is 41.3 Å². The van der Waals surface area contributed by atoms with Crippen LogP contribution in [0.25, 0.3) is 0 Å². The molecule has 1 saturated heterocycles. The fraction of sp³-hybridized carbons (Fsp3) is 0.238. The number of nitrogens with one attached hydrogen (secondary N) is 1. The number of ketones is 2. The van der Waals surface area contributed by atoms with Gasteiger partial charge in [-0.25, -0.2) is 8.42 Å². The van der Waals surface area contributed by atoms with Crippen LogP contribution in [-0.2, 0) is 14.8 Å². The number of anilines is 1. The van der Waals surface area contributed by atoms with Crippen LogP contribution in [0.1, 0.15) is 26.3 Å². The Kier molecular flexibility index (Phi) is 4.97. The molecule has 0 amide bonds. The normalized spacial score (nSPS) is 17.3. The minimum atomic E-state index is -4.30. The molecular formula is C21H20N2O5S. The van der Waals surface area contributed by atoms with Crippen molar-refractivity contribution in [3.8, 4) is 0 Å². The lowest BCUT2D eigenvalue weighted by atomic mass is 9.91. The Morgan fingerprint density at radius 2 is 1.59 bits per heavy atom. The molecule has 7 nitrogen and oxygen atoms in total. The Morgan fingerprint density at radius 3 is 2.24 bits per heavy atom. The van der Waals surface area contributed by atoms with Crippen LogP contribution in [0, 0.1) is 6.92 Å². The molecule has 29 heavy (non-hydrogen) atoms. The number of carbonyl (C=O) groups is 2. The third-order valence-corrected chi connectivity index (χ3v) is 6.34. The maximum absolute atomic E-state index is 13.3. The number of hydrogen-bond donors (Lipinski definition) is 1. The number of ether oxygens (including phenoxy) is 1. The number of carbonyl (C=O) groups excluding carboxylic acids is 2. The number of rotatable bonds is 4. The number of sulfonamides is 1. The molecule has 0 spiro atoms. The first kappa shape index (κ1) is 19.4. The predicted molar refractivity (Wildman–Crippen MR) is 108 cm³/mol. The lowest BCUT2D eigenvalue weighted by Gasteiger charge is -2.33. The van der Waals surface area contributed by atoms with E-state index in [1.165, 1.54) is 6.07 Å². The number of allylic oxidation sites excluding steroid dienone is 2. The van der Waals surface area contributed by atoms with E-state index in [9.17, 15) is 18.0 Å². The van der Waals surface area contributed by atoms with Gasteiger partial charge in [0.15, 0.2) is 4.91 Å². The summed E-state index contributed by atoms with van der Waals surface area (Å²) in [6.07, 6.45) is 0. The van der Waals surface area contributed by atoms with E-state index in [4.69, 9.17) is 4.74 Å². The van der Waals surface area contributed by atoms with E-state index in [-0.39, 0.29) is 16.8 Å². The maximum Gasteiger partial charge on any atom is 0.268 e. The van der Waals surface area contributed by atoms with Crippen LogP contribution in [-0.4, -0.2) is 51.2 Å². The van der Waals surface area contributed by atoms with Gasteiger partial charge in [-0.3, -0.25) is 14.3 Å². The van der Waals surface area contributed by atoms with E-state index >= 15 is 0 Å². The number of nitrogens with zero attached hydrogens (tertiary/aromatic N) is 1. The van der Waals surface area contributed by atoms with Crippen LogP contribution < -0.4 is 4.72 Å². The van der Waals surface area contributed by atoms with Crippen LogP contribution in [0.5, 0.6) is 0 Å². The molecule has 0 atom stereocenters. The molecule has 1 N–H and O–H groups in total. The third kappa shape index (κ3) is 3.56. The standard InChI is InChI=1S/C21H20N2O5S/c1-14-5-4-6-15(13-14)22-29(26,27)21-18(23-9-11-28-12-10-23)19(24)16-7-2-3-8-17(16)20(21)25/h2-8,13,22H,9-12H2,1H3. The van der Waals surface area contributed by atoms with Crippen molar-refractivity contribution in [2.75, 3.05) is 31.0 Å². The molecule has 2 aromatic rings. The number of Topliss-reactive ketones (excluding diaryl/α,β-unsaturated/α-hetero) is 2. The van der Waals surface area contributed by atoms with Crippen LogP contribution >= 0.6 is 0 Å². The zero-order valence-electron chi connectivity index (χ0n) is 15.8. The quantitative estimate of drug-likeness (QED) is 0.829. The molecule has 0 bridgehead atoms. The highest BCUT2D eigenvalue weighted by Crippen LogP contribution is 2.32. The Balaban J connectivity index is 1.87. The molecule has 8 heteroatoms. The van der Waals surface area contributed by atoms with Gasteiger partial charge in [-0.2, -0.15) is 0 Å². The summed E-state index contributed by atoms with van der Waals surface area (Å²) in [5, 5.41) is 0. The van der Waals surface area contributed by atoms with Gasteiger partial charge in [0, 0.05) is 29.9 Å². The van der Waals surface area contributed by atoms with Crippen LogP contribution in [0.3, 0.4) is 0 Å². The van der Waals surface area contributed by atoms with Gasteiger partial charge < -0.3 is 9.64 Å². The number of benzene rings is 2. The van der Waals surface area contributed by atoms with E-state index in [0.717, 1.165) is 5.56 Å². The molecule has 0 radical (unpaired) electrons. The summed E-state index contributed by atoms with van der Waals surface area (Å²) < 4.78 is 34.4. The molecule has 1 fully saturated rings. The molecule has 0 saturated carbocycles. The fourth-order valence-corrected chi connectivity index (χ4v) is 4.95. The molecule has 0 unspecified atom stereocenters. The molecule has 0 aromatic heterocycles. The van der Waals surface area contributed by atoms with Gasteiger partial charge in [0.1, 0.15) is 5.70 Å². The van der Waals surface area contributed by atoms with Gasteiger partial charge in [0.2, 0.25) is 11.6 Å². The average molecular weight is 412 g/mol. The topological polar surface area (TPSA) is 92.8 Å². The van der Waals surface area contributed by atoms with Crippen LogP contribution in [0.4, 0.5) is 5.69 Å². The Labute approximate surface area is 169 Å². The number of aryl methyl sites for hydroxylation is 1. The van der Waals surface area contributed by atoms with Gasteiger partial charge in [-0.05, 0) is 24.6 Å². The predicted octanol–water partition coefficient (Wildman–Crippen LogP) is 2.36. The van der Waals surface area contributed by atoms with Crippen molar-refractivity contribution in [3.63, 3.8) is 0 Å². The second kappa shape index (κ2) is 7.46. The minimum absolute atomic E-state index is 0.0860. The van der Waals surface area contributed by atoms with Crippen molar-refractivity contribution < 1.29 is 22.7 Å². The van der Waals surface area contributed by atoms with E-state index in [2.05, 4.69) is 4.72 Å². The van der Waals surface area contributed by atoms with E-state index in [1.807, 2.05) is 13.0 Å². The molecule has 150 valence electrons.